The van der Waals surface area contributed by atoms with Crippen molar-refractivity contribution < 1.29 is 14.7 Å². The molecular formula is C16H22N2O3. The number of benzene rings is 1. The second-order valence-electron chi connectivity index (χ2n) is 5.78. The maximum atomic E-state index is 12.7. The highest BCUT2D eigenvalue weighted by atomic mass is 16.4. The summed E-state index contributed by atoms with van der Waals surface area (Å²) in [7, 11) is 1.69. The molecule has 0 saturated carbocycles. The first-order chi connectivity index (χ1) is 9.91. The van der Waals surface area contributed by atoms with Gasteiger partial charge in [-0.2, -0.15) is 0 Å². The number of piperidine rings is 1. The van der Waals surface area contributed by atoms with Gasteiger partial charge < -0.3 is 10.0 Å². The van der Waals surface area contributed by atoms with Gasteiger partial charge in [-0.1, -0.05) is 19.1 Å². The molecule has 114 valence electrons. The molecule has 5 heteroatoms. The number of carboxylic acids is 1. The minimum absolute atomic E-state index is 0.0221. The van der Waals surface area contributed by atoms with E-state index in [1.54, 1.807) is 7.05 Å². The first-order valence-electron chi connectivity index (χ1n) is 7.25. The van der Waals surface area contributed by atoms with E-state index in [9.17, 15) is 14.7 Å². The zero-order valence-electron chi connectivity index (χ0n) is 12.7. The lowest BCUT2D eigenvalue weighted by Gasteiger charge is -2.39. The standard InChI is InChI=1S/C16H22N2O3/c1-11-6-4-8-13(10-11)17(3)16(21)18-9-5-7-12(2)14(18)15(19)20/h4,6,8,10,12,14H,5,7,9H2,1-3H3,(H,19,20). The lowest BCUT2D eigenvalue weighted by atomic mass is 9.91. The van der Waals surface area contributed by atoms with Crippen molar-refractivity contribution in [3.05, 3.63) is 29.8 Å². The van der Waals surface area contributed by atoms with Gasteiger partial charge in [0.25, 0.3) is 0 Å². The molecule has 2 atom stereocenters. The smallest absolute Gasteiger partial charge is 0.326 e. The number of rotatable bonds is 2. The van der Waals surface area contributed by atoms with Crippen molar-refractivity contribution in [3.63, 3.8) is 0 Å². The van der Waals surface area contributed by atoms with E-state index in [1.807, 2.05) is 38.1 Å². The highest BCUT2D eigenvalue weighted by Crippen LogP contribution is 2.26. The summed E-state index contributed by atoms with van der Waals surface area (Å²) in [5.41, 5.74) is 1.84. The second kappa shape index (κ2) is 6.16. The van der Waals surface area contributed by atoms with E-state index in [-0.39, 0.29) is 11.9 Å². The Kier molecular flexibility index (Phi) is 4.50. The maximum Gasteiger partial charge on any atom is 0.326 e. The first kappa shape index (κ1) is 15.4. The van der Waals surface area contributed by atoms with Crippen LogP contribution in [0.5, 0.6) is 0 Å². The molecule has 1 heterocycles. The predicted molar refractivity (Wildman–Crippen MR) is 81.5 cm³/mol. The Bertz CT molecular complexity index is 544. The molecule has 2 unspecified atom stereocenters. The Morgan fingerprint density at radius 1 is 1.38 bits per heavy atom. The molecule has 2 amide bonds. The molecule has 2 rings (SSSR count). The second-order valence-corrected chi connectivity index (χ2v) is 5.78. The highest BCUT2D eigenvalue weighted by Gasteiger charge is 2.38. The summed E-state index contributed by atoms with van der Waals surface area (Å²) in [6, 6.07) is 6.64. The number of anilines is 1. The van der Waals surface area contributed by atoms with Crippen LogP contribution in [0.3, 0.4) is 0 Å². The van der Waals surface area contributed by atoms with Crippen molar-refractivity contribution in [2.75, 3.05) is 18.5 Å². The molecule has 5 nitrogen and oxygen atoms in total. The van der Waals surface area contributed by atoms with E-state index in [2.05, 4.69) is 0 Å². The molecule has 1 aliphatic heterocycles. The SMILES string of the molecule is Cc1cccc(N(C)C(=O)N2CCCC(C)C2C(=O)O)c1. The molecule has 0 aliphatic carbocycles. The molecule has 0 aromatic heterocycles. The normalized spacial score (nSPS) is 22.0. The van der Waals surface area contributed by atoms with Gasteiger partial charge in [0, 0.05) is 19.3 Å². The summed E-state index contributed by atoms with van der Waals surface area (Å²) in [5, 5.41) is 9.41. The van der Waals surface area contributed by atoms with Gasteiger partial charge in [0.2, 0.25) is 0 Å². The Balaban J connectivity index is 2.23. The lowest BCUT2D eigenvalue weighted by molar-refractivity contribution is -0.145. The van der Waals surface area contributed by atoms with Gasteiger partial charge in [0.1, 0.15) is 6.04 Å². The number of aryl methyl sites for hydroxylation is 1. The van der Waals surface area contributed by atoms with E-state index < -0.39 is 12.0 Å². The Morgan fingerprint density at radius 2 is 2.10 bits per heavy atom. The maximum absolute atomic E-state index is 12.7. The van der Waals surface area contributed by atoms with E-state index in [1.165, 1.54) is 9.80 Å². The Morgan fingerprint density at radius 3 is 2.71 bits per heavy atom. The molecule has 1 aromatic carbocycles. The van der Waals surface area contributed by atoms with Crippen molar-refractivity contribution in [1.82, 2.24) is 4.90 Å². The van der Waals surface area contributed by atoms with Gasteiger partial charge in [-0.15, -0.1) is 0 Å². The molecule has 21 heavy (non-hydrogen) atoms. The zero-order chi connectivity index (χ0) is 15.6. The van der Waals surface area contributed by atoms with Crippen LogP contribution in [-0.2, 0) is 4.79 Å². The number of carbonyl (C=O) groups excluding carboxylic acids is 1. The summed E-state index contributed by atoms with van der Waals surface area (Å²) in [4.78, 5) is 27.2. The number of carboxylic acid groups (broad SMARTS) is 1. The van der Waals surface area contributed by atoms with E-state index in [4.69, 9.17) is 0 Å². The average molecular weight is 290 g/mol. The summed E-state index contributed by atoms with van der Waals surface area (Å²) >= 11 is 0. The van der Waals surface area contributed by atoms with E-state index in [0.29, 0.717) is 6.54 Å². The average Bonchev–Trinajstić information content (AvgIpc) is 2.45. The van der Waals surface area contributed by atoms with Gasteiger partial charge in [-0.3, -0.25) is 4.90 Å². The lowest BCUT2D eigenvalue weighted by Crippen LogP contribution is -2.55. The van der Waals surface area contributed by atoms with Crippen LogP contribution in [0.4, 0.5) is 10.5 Å². The third-order valence-corrected chi connectivity index (χ3v) is 4.11. The van der Waals surface area contributed by atoms with Crippen LogP contribution in [0.1, 0.15) is 25.3 Å². The molecule has 0 radical (unpaired) electrons. The van der Waals surface area contributed by atoms with Crippen LogP contribution in [0.15, 0.2) is 24.3 Å². The molecule has 0 bridgehead atoms. The predicted octanol–water partition coefficient (Wildman–Crippen LogP) is 2.74. The number of aliphatic carboxylic acids is 1. The van der Waals surface area contributed by atoms with Gasteiger partial charge in [-0.25, -0.2) is 9.59 Å². The fraction of sp³-hybridized carbons (Fsp3) is 0.500. The Labute approximate surface area is 125 Å². The van der Waals surface area contributed by atoms with E-state index >= 15 is 0 Å². The molecular weight excluding hydrogens is 268 g/mol. The van der Waals surface area contributed by atoms with Crippen LogP contribution in [0.25, 0.3) is 0 Å². The van der Waals surface area contributed by atoms with Crippen LogP contribution < -0.4 is 4.90 Å². The van der Waals surface area contributed by atoms with Crippen molar-refractivity contribution in [2.45, 2.75) is 32.7 Å². The summed E-state index contributed by atoms with van der Waals surface area (Å²) in [6.45, 7) is 4.35. The largest absolute Gasteiger partial charge is 0.480 e. The van der Waals surface area contributed by atoms with Crippen LogP contribution >= 0.6 is 0 Å². The van der Waals surface area contributed by atoms with Gasteiger partial charge >= 0.3 is 12.0 Å². The van der Waals surface area contributed by atoms with Crippen LogP contribution in [0, 0.1) is 12.8 Å². The Hall–Kier alpha value is -2.04. The molecule has 1 N–H and O–H groups in total. The van der Waals surface area contributed by atoms with Gasteiger partial charge in [-0.05, 0) is 43.4 Å². The number of likely N-dealkylation sites (tertiary alicyclic amines) is 1. The van der Waals surface area contributed by atoms with Crippen molar-refractivity contribution in [3.8, 4) is 0 Å². The molecule has 1 aromatic rings. The zero-order valence-corrected chi connectivity index (χ0v) is 12.7. The first-order valence-corrected chi connectivity index (χ1v) is 7.25. The van der Waals surface area contributed by atoms with E-state index in [0.717, 1.165) is 24.1 Å². The molecule has 0 spiro atoms. The monoisotopic (exact) mass is 290 g/mol. The number of urea groups is 1. The topological polar surface area (TPSA) is 60.9 Å². The van der Waals surface area contributed by atoms with Crippen LogP contribution in [0.2, 0.25) is 0 Å². The number of carbonyl (C=O) groups is 2. The third-order valence-electron chi connectivity index (χ3n) is 4.11. The van der Waals surface area contributed by atoms with Crippen molar-refractivity contribution in [1.29, 1.82) is 0 Å². The van der Waals surface area contributed by atoms with Gasteiger partial charge in [0.05, 0.1) is 0 Å². The minimum Gasteiger partial charge on any atom is -0.480 e. The minimum atomic E-state index is -0.923. The van der Waals surface area contributed by atoms with Gasteiger partial charge in [0.15, 0.2) is 0 Å². The number of amides is 2. The summed E-state index contributed by atoms with van der Waals surface area (Å²) in [5.74, 6) is -0.945. The quantitative estimate of drug-likeness (QED) is 0.911. The molecule has 1 saturated heterocycles. The van der Waals surface area contributed by atoms with Crippen molar-refractivity contribution >= 4 is 17.7 Å². The summed E-state index contributed by atoms with van der Waals surface area (Å²) < 4.78 is 0. The number of hydrogen-bond acceptors (Lipinski definition) is 2. The number of hydrogen-bond donors (Lipinski definition) is 1. The van der Waals surface area contributed by atoms with Crippen molar-refractivity contribution in [2.24, 2.45) is 5.92 Å². The highest BCUT2D eigenvalue weighted by molar-refractivity contribution is 5.94. The summed E-state index contributed by atoms with van der Waals surface area (Å²) in [6.07, 6.45) is 1.69. The van der Waals surface area contributed by atoms with Crippen LogP contribution in [-0.4, -0.2) is 41.6 Å². The molecule has 1 fully saturated rings. The fourth-order valence-electron chi connectivity index (χ4n) is 2.92. The third kappa shape index (κ3) is 3.17. The fourth-order valence-corrected chi connectivity index (χ4v) is 2.92. The molecule has 1 aliphatic rings. The number of nitrogens with zero attached hydrogens (tertiary/aromatic N) is 2.